The number of rotatable bonds is 0. The highest BCUT2D eigenvalue weighted by Crippen LogP contribution is 2.09. The molecule has 0 saturated carbocycles. The SMILES string of the molecule is C[C@@H]1NC[C@H]1C#N.C[C@H]1NC[C@@H]1C#N.Cl.Cl. The van der Waals surface area contributed by atoms with Crippen molar-refractivity contribution in [1.82, 2.24) is 10.6 Å². The van der Waals surface area contributed by atoms with Gasteiger partial charge in [-0.15, -0.1) is 24.8 Å². The van der Waals surface area contributed by atoms with Gasteiger partial charge in [0.1, 0.15) is 0 Å². The van der Waals surface area contributed by atoms with Crippen molar-refractivity contribution in [2.24, 2.45) is 11.8 Å². The van der Waals surface area contributed by atoms with Gasteiger partial charge in [0, 0.05) is 25.2 Å². The van der Waals surface area contributed by atoms with Crippen molar-refractivity contribution in [1.29, 1.82) is 10.5 Å². The second-order valence-corrected chi connectivity index (χ2v) is 3.87. The molecule has 0 aliphatic carbocycles. The summed E-state index contributed by atoms with van der Waals surface area (Å²) in [6.07, 6.45) is 0. The van der Waals surface area contributed by atoms with E-state index in [0.717, 1.165) is 13.1 Å². The van der Waals surface area contributed by atoms with Gasteiger partial charge >= 0.3 is 0 Å². The molecule has 0 aromatic rings. The standard InChI is InChI=1S/2C5H8N2.2ClH/c2*1-4-5(2-6)3-7-4;;/h2*4-5,7H,3H2,1H3;2*1H/t2*4-,5+;;/m10../s1. The molecule has 0 radical (unpaired) electrons. The first-order valence-corrected chi connectivity index (χ1v) is 4.95. The Balaban J connectivity index is 0. The van der Waals surface area contributed by atoms with E-state index < -0.39 is 0 Å². The van der Waals surface area contributed by atoms with Gasteiger partial charge in [-0.2, -0.15) is 10.5 Å². The van der Waals surface area contributed by atoms with Gasteiger partial charge in [-0.25, -0.2) is 0 Å². The molecule has 2 saturated heterocycles. The van der Waals surface area contributed by atoms with E-state index in [-0.39, 0.29) is 36.6 Å². The van der Waals surface area contributed by atoms with Crippen molar-refractivity contribution in [3.05, 3.63) is 0 Å². The van der Waals surface area contributed by atoms with E-state index in [9.17, 15) is 0 Å². The van der Waals surface area contributed by atoms with Crippen LogP contribution in [0.2, 0.25) is 0 Å². The number of hydrogen-bond donors (Lipinski definition) is 2. The minimum Gasteiger partial charge on any atom is -0.312 e. The van der Waals surface area contributed by atoms with Crippen molar-refractivity contribution < 1.29 is 0 Å². The molecule has 0 spiro atoms. The zero-order valence-corrected chi connectivity index (χ0v) is 11.1. The predicted molar refractivity (Wildman–Crippen MR) is 67.6 cm³/mol. The van der Waals surface area contributed by atoms with Gasteiger partial charge < -0.3 is 10.6 Å². The summed E-state index contributed by atoms with van der Waals surface area (Å²) in [6.45, 7) is 5.82. The van der Waals surface area contributed by atoms with E-state index in [1.807, 2.05) is 13.8 Å². The van der Waals surface area contributed by atoms with Crippen LogP contribution < -0.4 is 10.6 Å². The summed E-state index contributed by atoms with van der Waals surface area (Å²) in [5, 5.41) is 22.7. The third-order valence-electron chi connectivity index (χ3n) is 2.86. The Morgan fingerprint density at radius 3 is 1.19 bits per heavy atom. The minimum absolute atomic E-state index is 0. The average molecular weight is 265 g/mol. The Morgan fingerprint density at radius 2 is 1.19 bits per heavy atom. The van der Waals surface area contributed by atoms with Gasteiger partial charge in [0.25, 0.3) is 0 Å². The van der Waals surface area contributed by atoms with Gasteiger partial charge in [0.15, 0.2) is 0 Å². The van der Waals surface area contributed by atoms with Gasteiger partial charge in [-0.3, -0.25) is 0 Å². The van der Waals surface area contributed by atoms with Crippen molar-refractivity contribution >= 4 is 24.8 Å². The maximum atomic E-state index is 8.27. The zero-order chi connectivity index (χ0) is 10.6. The number of nitriles is 2. The van der Waals surface area contributed by atoms with Gasteiger partial charge in [0.2, 0.25) is 0 Å². The van der Waals surface area contributed by atoms with Crippen LogP contribution in [0, 0.1) is 34.5 Å². The lowest BCUT2D eigenvalue weighted by molar-refractivity contribution is 0.315. The number of nitrogens with one attached hydrogen (secondary N) is 2. The molecule has 4 nitrogen and oxygen atoms in total. The van der Waals surface area contributed by atoms with Gasteiger partial charge in [0.05, 0.1) is 24.0 Å². The van der Waals surface area contributed by atoms with Gasteiger partial charge in [-0.1, -0.05) is 0 Å². The molecule has 2 N–H and O–H groups in total. The minimum atomic E-state index is 0. The summed E-state index contributed by atoms with van der Waals surface area (Å²) in [5.41, 5.74) is 0. The van der Waals surface area contributed by atoms with Crippen LogP contribution in [0.3, 0.4) is 0 Å². The van der Waals surface area contributed by atoms with Crippen LogP contribution in [0.4, 0.5) is 0 Å². The van der Waals surface area contributed by atoms with E-state index in [2.05, 4.69) is 22.8 Å². The first-order valence-electron chi connectivity index (χ1n) is 4.95. The Hall–Kier alpha value is -0.520. The number of nitrogens with zero attached hydrogens (tertiary/aromatic N) is 2. The Labute approximate surface area is 109 Å². The van der Waals surface area contributed by atoms with E-state index in [1.54, 1.807) is 0 Å². The predicted octanol–water partition coefficient (Wildman–Crippen LogP) is 1.08. The molecule has 2 rings (SSSR count). The molecule has 0 bridgehead atoms. The van der Waals surface area contributed by atoms with Gasteiger partial charge in [-0.05, 0) is 13.8 Å². The van der Waals surface area contributed by atoms with Crippen molar-refractivity contribution in [3.63, 3.8) is 0 Å². The second kappa shape index (κ2) is 8.61. The lowest BCUT2D eigenvalue weighted by atomic mass is 9.95. The van der Waals surface area contributed by atoms with Crippen LogP contribution in [0.15, 0.2) is 0 Å². The van der Waals surface area contributed by atoms with E-state index >= 15 is 0 Å². The summed E-state index contributed by atoms with van der Waals surface area (Å²) in [4.78, 5) is 0. The van der Waals surface area contributed by atoms with Crippen LogP contribution in [0.5, 0.6) is 0 Å². The molecule has 0 aromatic heterocycles. The first-order chi connectivity index (χ1) is 6.69. The fraction of sp³-hybridized carbons (Fsp3) is 0.800. The van der Waals surface area contributed by atoms with Crippen LogP contribution >= 0.6 is 24.8 Å². The first kappa shape index (κ1) is 17.9. The maximum Gasteiger partial charge on any atom is 0.0738 e. The highest BCUT2D eigenvalue weighted by molar-refractivity contribution is 5.85. The summed E-state index contributed by atoms with van der Waals surface area (Å²) in [5.74, 6) is 0.556. The molecule has 92 valence electrons. The number of halogens is 2. The third-order valence-corrected chi connectivity index (χ3v) is 2.86. The molecule has 16 heavy (non-hydrogen) atoms. The molecule has 0 amide bonds. The summed E-state index contributed by atoms with van der Waals surface area (Å²) < 4.78 is 0. The Kier molecular flexibility index (Phi) is 9.61. The number of hydrogen-bond acceptors (Lipinski definition) is 4. The van der Waals surface area contributed by atoms with Crippen molar-refractivity contribution in [3.8, 4) is 12.1 Å². The van der Waals surface area contributed by atoms with Crippen molar-refractivity contribution in [2.45, 2.75) is 25.9 Å². The highest BCUT2D eigenvalue weighted by atomic mass is 35.5. The van der Waals surface area contributed by atoms with E-state index in [4.69, 9.17) is 10.5 Å². The van der Waals surface area contributed by atoms with E-state index in [1.165, 1.54) is 0 Å². The molecule has 2 heterocycles. The largest absolute Gasteiger partial charge is 0.312 e. The molecule has 2 fully saturated rings. The molecular weight excluding hydrogens is 247 g/mol. The molecule has 6 heteroatoms. The van der Waals surface area contributed by atoms with Crippen LogP contribution in [0.25, 0.3) is 0 Å². The normalized spacial score (nSPS) is 34.0. The average Bonchev–Trinajstić information content (AvgIpc) is 2.16. The van der Waals surface area contributed by atoms with Crippen LogP contribution in [-0.4, -0.2) is 25.2 Å². The third kappa shape index (κ3) is 4.55. The van der Waals surface area contributed by atoms with Crippen LogP contribution in [0.1, 0.15) is 13.8 Å². The summed E-state index contributed by atoms with van der Waals surface area (Å²) in [7, 11) is 0. The van der Waals surface area contributed by atoms with Crippen molar-refractivity contribution in [2.75, 3.05) is 13.1 Å². The molecule has 2 aliphatic heterocycles. The monoisotopic (exact) mass is 264 g/mol. The smallest absolute Gasteiger partial charge is 0.0738 e. The lowest BCUT2D eigenvalue weighted by Gasteiger charge is -2.29. The highest BCUT2D eigenvalue weighted by Gasteiger charge is 2.25. The maximum absolute atomic E-state index is 8.27. The quantitative estimate of drug-likeness (QED) is 0.687. The Bertz CT molecular complexity index is 243. The summed E-state index contributed by atoms with van der Waals surface area (Å²) >= 11 is 0. The zero-order valence-electron chi connectivity index (χ0n) is 9.43. The molecule has 0 unspecified atom stereocenters. The fourth-order valence-electron chi connectivity index (χ4n) is 1.26. The lowest BCUT2D eigenvalue weighted by Crippen LogP contribution is -2.49. The summed E-state index contributed by atoms with van der Waals surface area (Å²) in [6, 6.07) is 5.25. The second-order valence-electron chi connectivity index (χ2n) is 3.87. The topological polar surface area (TPSA) is 71.6 Å². The molecule has 0 aromatic carbocycles. The Morgan fingerprint density at radius 1 is 0.875 bits per heavy atom. The molecule has 4 atom stereocenters. The van der Waals surface area contributed by atoms with Crippen LogP contribution in [-0.2, 0) is 0 Å². The fourth-order valence-corrected chi connectivity index (χ4v) is 1.26. The molecule has 2 aliphatic rings. The van der Waals surface area contributed by atoms with E-state index in [0.29, 0.717) is 12.1 Å². The molecular formula is C10H18Cl2N4.